The van der Waals surface area contributed by atoms with Crippen LogP contribution in [0.2, 0.25) is 0 Å². The summed E-state index contributed by atoms with van der Waals surface area (Å²) in [6.45, 7) is 2.58. The number of hydrogen-bond donors (Lipinski definition) is 0. The number of likely N-dealkylation sites (tertiary alicyclic amines) is 2. The lowest BCUT2D eigenvalue weighted by Crippen LogP contribution is -2.60. The number of benzene rings is 2. The maximum absolute atomic E-state index is 13.8. The van der Waals surface area contributed by atoms with Gasteiger partial charge >= 0.3 is 0 Å². The molecule has 3 amide bonds. The highest BCUT2D eigenvalue weighted by atomic mass is 16.7. The van der Waals surface area contributed by atoms with Crippen molar-refractivity contribution in [2.24, 2.45) is 0 Å². The molecule has 4 aliphatic heterocycles. The Morgan fingerprint density at radius 1 is 0.778 bits per heavy atom. The van der Waals surface area contributed by atoms with E-state index in [0.29, 0.717) is 61.6 Å². The molecule has 3 saturated heterocycles. The Balaban J connectivity index is 1.23. The van der Waals surface area contributed by atoms with Gasteiger partial charge in [-0.3, -0.25) is 19.3 Å². The lowest BCUT2D eigenvalue weighted by atomic mass is 9.96. The zero-order valence-corrected chi connectivity index (χ0v) is 20.1. The molecule has 0 saturated carbocycles. The maximum Gasteiger partial charge on any atom is 0.256 e. The molecule has 0 N–H and O–H groups in total. The Bertz CT molecular complexity index is 1170. The second-order valence-corrected chi connectivity index (χ2v) is 9.71. The fourth-order valence-corrected chi connectivity index (χ4v) is 5.70. The number of ether oxygens (including phenoxy) is 3. The molecular formula is C27H29N3O6. The monoisotopic (exact) mass is 491 g/mol. The van der Waals surface area contributed by atoms with Gasteiger partial charge in [0, 0.05) is 50.1 Å². The number of piperidine rings is 1. The van der Waals surface area contributed by atoms with Gasteiger partial charge in [-0.2, -0.15) is 0 Å². The number of rotatable bonds is 3. The normalized spacial score (nSPS) is 22.3. The zero-order valence-electron chi connectivity index (χ0n) is 20.1. The average Bonchev–Trinajstić information content (AvgIpc) is 3.69. The van der Waals surface area contributed by atoms with E-state index in [4.69, 9.17) is 14.2 Å². The van der Waals surface area contributed by atoms with Crippen LogP contribution < -0.4 is 9.47 Å². The molecule has 9 nitrogen and oxygen atoms in total. The lowest BCUT2D eigenvalue weighted by molar-refractivity contribution is -0.136. The van der Waals surface area contributed by atoms with E-state index in [1.54, 1.807) is 40.1 Å². The Kier molecular flexibility index (Phi) is 5.79. The molecule has 1 unspecified atom stereocenters. The summed E-state index contributed by atoms with van der Waals surface area (Å²) in [6.07, 6.45) is 2.83. The van der Waals surface area contributed by atoms with Crippen molar-refractivity contribution in [2.75, 3.05) is 39.6 Å². The largest absolute Gasteiger partial charge is 0.454 e. The number of carbonyl (C=O) groups excluding carboxylic acids is 3. The molecule has 9 heteroatoms. The van der Waals surface area contributed by atoms with Gasteiger partial charge in [0.05, 0.1) is 6.61 Å². The summed E-state index contributed by atoms with van der Waals surface area (Å²) in [4.78, 5) is 45.7. The number of nitrogens with zero attached hydrogens (tertiary/aromatic N) is 3. The van der Waals surface area contributed by atoms with E-state index in [1.807, 2.05) is 23.1 Å². The number of carbonyl (C=O) groups is 3. The van der Waals surface area contributed by atoms with E-state index in [9.17, 15) is 14.4 Å². The van der Waals surface area contributed by atoms with E-state index in [-0.39, 0.29) is 31.1 Å². The molecule has 188 valence electrons. The van der Waals surface area contributed by atoms with E-state index < -0.39 is 11.8 Å². The fraction of sp³-hybridized carbons (Fsp3) is 0.444. The van der Waals surface area contributed by atoms with Gasteiger partial charge in [0.2, 0.25) is 12.7 Å². The molecule has 2 aromatic rings. The highest BCUT2D eigenvalue weighted by Gasteiger charge is 2.55. The lowest BCUT2D eigenvalue weighted by Gasteiger charge is -2.44. The van der Waals surface area contributed by atoms with Crippen molar-refractivity contribution in [3.8, 4) is 11.5 Å². The molecule has 0 radical (unpaired) electrons. The topological polar surface area (TPSA) is 88.6 Å². The van der Waals surface area contributed by atoms with Crippen LogP contribution in [0.25, 0.3) is 0 Å². The molecule has 1 spiro atoms. The van der Waals surface area contributed by atoms with Crippen LogP contribution in [0.3, 0.4) is 0 Å². The van der Waals surface area contributed by atoms with Crippen LogP contribution in [0.5, 0.6) is 11.5 Å². The van der Waals surface area contributed by atoms with E-state index >= 15 is 0 Å². The minimum atomic E-state index is -0.918. The molecule has 4 heterocycles. The van der Waals surface area contributed by atoms with E-state index in [0.717, 1.165) is 12.8 Å². The third-order valence-electron chi connectivity index (χ3n) is 7.65. The summed E-state index contributed by atoms with van der Waals surface area (Å²) in [6, 6.07) is 13.6. The molecule has 4 aliphatic rings. The number of amides is 3. The predicted molar refractivity (Wildman–Crippen MR) is 129 cm³/mol. The van der Waals surface area contributed by atoms with Crippen LogP contribution >= 0.6 is 0 Å². The van der Waals surface area contributed by atoms with Crippen LogP contribution in [-0.4, -0.2) is 83.8 Å². The smallest absolute Gasteiger partial charge is 0.256 e. The second kappa shape index (κ2) is 9.13. The summed E-state index contributed by atoms with van der Waals surface area (Å²) < 4.78 is 17.1. The molecule has 6 rings (SSSR count). The van der Waals surface area contributed by atoms with Crippen LogP contribution in [0, 0.1) is 0 Å². The van der Waals surface area contributed by atoms with Crippen molar-refractivity contribution in [3.05, 3.63) is 59.7 Å². The third kappa shape index (κ3) is 3.87. The first kappa shape index (κ1) is 22.8. The fourth-order valence-electron chi connectivity index (χ4n) is 5.70. The SMILES string of the molecule is O=C(c1ccc2c(c1)OCO2)N1CCC2(CC1)OCC(C(=O)N1CCCC1)N2C(=O)c1ccccc1. The van der Waals surface area contributed by atoms with Gasteiger partial charge in [0.1, 0.15) is 11.8 Å². The van der Waals surface area contributed by atoms with Gasteiger partial charge in [0.25, 0.3) is 11.8 Å². The summed E-state index contributed by atoms with van der Waals surface area (Å²) >= 11 is 0. The minimum absolute atomic E-state index is 0.0486. The van der Waals surface area contributed by atoms with Gasteiger partial charge in [-0.15, -0.1) is 0 Å². The summed E-state index contributed by atoms with van der Waals surface area (Å²) in [7, 11) is 0. The van der Waals surface area contributed by atoms with Gasteiger partial charge in [0.15, 0.2) is 11.5 Å². The van der Waals surface area contributed by atoms with E-state index in [1.165, 1.54) is 0 Å². The van der Waals surface area contributed by atoms with Gasteiger partial charge < -0.3 is 24.0 Å². The molecule has 0 bridgehead atoms. The predicted octanol–water partition coefficient (Wildman–Crippen LogP) is 2.51. The first-order valence-electron chi connectivity index (χ1n) is 12.6. The van der Waals surface area contributed by atoms with Gasteiger partial charge in [-0.05, 0) is 43.2 Å². The van der Waals surface area contributed by atoms with Crippen molar-refractivity contribution < 1.29 is 28.6 Å². The standard InChI is InChI=1S/C27H29N3O6/c31-24(20-8-9-22-23(16-20)35-18-34-22)29-14-10-27(11-15-29)30(25(32)19-6-2-1-3-7-19)21(17-36-27)26(33)28-12-4-5-13-28/h1-3,6-9,16,21H,4-5,10-15,17-18H2. The molecule has 0 aliphatic carbocycles. The average molecular weight is 492 g/mol. The van der Waals surface area contributed by atoms with Crippen LogP contribution in [0.15, 0.2) is 48.5 Å². The van der Waals surface area contributed by atoms with Crippen LogP contribution in [0.1, 0.15) is 46.4 Å². The molecular weight excluding hydrogens is 462 g/mol. The van der Waals surface area contributed by atoms with Crippen LogP contribution in [0.4, 0.5) is 0 Å². The van der Waals surface area contributed by atoms with Gasteiger partial charge in [-0.25, -0.2) is 0 Å². The second-order valence-electron chi connectivity index (χ2n) is 9.71. The highest BCUT2D eigenvalue weighted by molar-refractivity contribution is 5.99. The summed E-state index contributed by atoms with van der Waals surface area (Å²) in [5.74, 6) is 0.837. The first-order chi connectivity index (χ1) is 17.6. The van der Waals surface area contributed by atoms with Crippen molar-refractivity contribution in [1.82, 2.24) is 14.7 Å². The highest BCUT2D eigenvalue weighted by Crippen LogP contribution is 2.40. The number of hydrogen-bond acceptors (Lipinski definition) is 6. The Hall–Kier alpha value is -3.59. The van der Waals surface area contributed by atoms with Crippen molar-refractivity contribution in [3.63, 3.8) is 0 Å². The Morgan fingerprint density at radius 2 is 1.50 bits per heavy atom. The van der Waals surface area contributed by atoms with Crippen molar-refractivity contribution in [1.29, 1.82) is 0 Å². The van der Waals surface area contributed by atoms with E-state index in [2.05, 4.69) is 0 Å². The van der Waals surface area contributed by atoms with Gasteiger partial charge in [-0.1, -0.05) is 18.2 Å². The molecule has 2 aromatic carbocycles. The molecule has 3 fully saturated rings. The summed E-state index contributed by atoms with van der Waals surface area (Å²) in [5.41, 5.74) is 0.140. The molecule has 36 heavy (non-hydrogen) atoms. The number of fused-ring (bicyclic) bond motifs is 1. The zero-order chi connectivity index (χ0) is 24.7. The van der Waals surface area contributed by atoms with Crippen molar-refractivity contribution in [2.45, 2.75) is 37.5 Å². The third-order valence-corrected chi connectivity index (χ3v) is 7.65. The quantitative estimate of drug-likeness (QED) is 0.656. The Labute approximate surface area is 209 Å². The molecule has 1 atom stereocenters. The maximum atomic E-state index is 13.8. The van der Waals surface area contributed by atoms with Crippen molar-refractivity contribution >= 4 is 17.7 Å². The Morgan fingerprint density at radius 3 is 2.25 bits per heavy atom. The minimum Gasteiger partial charge on any atom is -0.454 e. The first-order valence-corrected chi connectivity index (χ1v) is 12.6. The molecule has 0 aromatic heterocycles. The summed E-state index contributed by atoms with van der Waals surface area (Å²) in [5, 5.41) is 0. The van der Waals surface area contributed by atoms with Crippen LogP contribution in [-0.2, 0) is 9.53 Å².